The predicted octanol–water partition coefficient (Wildman–Crippen LogP) is 7.61. The fraction of sp³-hybridized carbons (Fsp3) is 0.762. The van der Waals surface area contributed by atoms with Crippen LogP contribution in [0.3, 0.4) is 0 Å². The van der Waals surface area contributed by atoms with Crippen LogP contribution in [0, 0.1) is 56.7 Å². The van der Waals surface area contributed by atoms with Crippen molar-refractivity contribution in [2.24, 2.45) is 56.7 Å². The summed E-state index contributed by atoms with van der Waals surface area (Å²) in [5.41, 5.74) is 1.29. The second kappa shape index (κ2) is 12.5. The molecule has 2 aromatic rings. The van der Waals surface area contributed by atoms with Gasteiger partial charge in [-0.05, 0) is 115 Å². The van der Waals surface area contributed by atoms with Gasteiger partial charge in [0.05, 0.1) is 37.9 Å². The molecule has 6 aliphatic rings. The van der Waals surface area contributed by atoms with Crippen molar-refractivity contribution in [3.8, 4) is 11.4 Å². The number of carboxylic acid groups (broad SMARTS) is 1. The van der Waals surface area contributed by atoms with Gasteiger partial charge >= 0.3 is 5.97 Å². The van der Waals surface area contributed by atoms with Crippen LogP contribution in [0.2, 0.25) is 0 Å². The number of hydrogen-bond donors (Lipinski definition) is 2. The molecule has 51 heavy (non-hydrogen) atoms. The van der Waals surface area contributed by atoms with Crippen LogP contribution in [0.1, 0.15) is 106 Å². The summed E-state index contributed by atoms with van der Waals surface area (Å²) in [6.45, 7) is 19.4. The molecule has 4 heterocycles. The van der Waals surface area contributed by atoms with E-state index in [1.807, 2.05) is 24.5 Å². The monoisotopic (exact) mass is 699 g/mol. The average Bonchev–Trinajstić information content (AvgIpc) is 3.81. The molecule has 4 aliphatic carbocycles. The minimum Gasteiger partial charge on any atom is -0.481 e. The molecule has 0 aromatic carbocycles. The van der Waals surface area contributed by atoms with Gasteiger partial charge < -0.3 is 19.9 Å². The molecule has 8 rings (SSSR count). The minimum absolute atomic E-state index is 0.0312. The molecule has 0 radical (unpaired) electrons. The van der Waals surface area contributed by atoms with Crippen LogP contribution in [-0.4, -0.2) is 69.3 Å². The summed E-state index contributed by atoms with van der Waals surface area (Å²) in [5.74, 6) is 1.23. The quantitative estimate of drug-likeness (QED) is 0.271. The van der Waals surface area contributed by atoms with Gasteiger partial charge in [0, 0.05) is 29.4 Å². The van der Waals surface area contributed by atoms with Gasteiger partial charge in [0.25, 0.3) is 0 Å². The molecule has 2 aromatic heterocycles. The first-order valence-electron chi connectivity index (χ1n) is 20.0. The zero-order valence-electron chi connectivity index (χ0n) is 32.0. The summed E-state index contributed by atoms with van der Waals surface area (Å²) < 4.78 is 16.4. The molecule has 2 aliphatic heterocycles. The maximum absolute atomic E-state index is 13.6. The molecule has 2 bridgehead atoms. The highest BCUT2D eigenvalue weighted by Gasteiger charge is 2.72. The zero-order chi connectivity index (χ0) is 36.0. The number of carbonyl (C=O) groups is 1. The number of pyridine rings is 1. The second-order valence-corrected chi connectivity index (χ2v) is 19.0. The number of ether oxygens (including phenoxy) is 2. The normalized spacial score (nSPS) is 43.9. The third kappa shape index (κ3) is 5.02. The van der Waals surface area contributed by atoms with E-state index in [4.69, 9.17) is 19.6 Å². The lowest BCUT2D eigenvalue weighted by molar-refractivity contribution is -0.252. The van der Waals surface area contributed by atoms with E-state index in [1.54, 1.807) is 6.33 Å². The van der Waals surface area contributed by atoms with Crippen molar-refractivity contribution in [3.63, 3.8) is 0 Å². The molecular formula is C42H61N5O4. The standard InChI is InChI=1S/C42H61N5O4/c1-26(2)27(3)39(5)16-17-40(6)30-10-11-33-38(4)21-32(47-36(45-25-46-47)28-13-19-43-20-14-28)35(51-22-29-9-8-18-44-29)42(33,24-50-23-38)31(30)12-15-41(40,7)34(39)37(48)49/h12-14,19-20,25-27,29-30,32-35,44H,8-11,15-18,21-24H2,1-7H3,(H,48,49)/t27-,29+,30+,32-,33-,34-,35+,38-,39-,40-,41+,42+/m1/s1. The Kier molecular flexibility index (Phi) is 8.66. The van der Waals surface area contributed by atoms with Gasteiger partial charge in [0.15, 0.2) is 5.82 Å². The summed E-state index contributed by atoms with van der Waals surface area (Å²) >= 11 is 0. The molecule has 5 fully saturated rings. The Bertz CT molecular complexity index is 1650. The summed E-state index contributed by atoms with van der Waals surface area (Å²) in [7, 11) is 0. The number of hydrogen-bond acceptors (Lipinski definition) is 7. The summed E-state index contributed by atoms with van der Waals surface area (Å²) in [6, 6.07) is 4.35. The van der Waals surface area contributed by atoms with E-state index in [-0.39, 0.29) is 45.1 Å². The number of aliphatic carboxylic acids is 1. The number of fused-ring (bicyclic) bond motifs is 3. The van der Waals surface area contributed by atoms with Crippen LogP contribution < -0.4 is 5.32 Å². The Balaban J connectivity index is 1.27. The number of allylic oxidation sites excluding steroid dienone is 1. The van der Waals surface area contributed by atoms with Crippen LogP contribution in [0.15, 0.2) is 42.5 Å². The molecule has 9 nitrogen and oxygen atoms in total. The Morgan fingerprint density at radius 3 is 2.57 bits per heavy atom. The minimum atomic E-state index is -0.617. The highest BCUT2D eigenvalue weighted by molar-refractivity contribution is 5.73. The predicted molar refractivity (Wildman–Crippen MR) is 197 cm³/mol. The number of nitrogens with zero attached hydrogens (tertiary/aromatic N) is 4. The first-order chi connectivity index (χ1) is 24.3. The van der Waals surface area contributed by atoms with E-state index in [0.717, 1.165) is 69.5 Å². The van der Waals surface area contributed by atoms with Crippen LogP contribution in [0.25, 0.3) is 11.4 Å². The van der Waals surface area contributed by atoms with E-state index >= 15 is 0 Å². The highest BCUT2D eigenvalue weighted by atomic mass is 16.5. The van der Waals surface area contributed by atoms with E-state index in [1.165, 1.54) is 12.0 Å². The largest absolute Gasteiger partial charge is 0.481 e. The number of nitrogens with one attached hydrogen (secondary N) is 1. The third-order valence-electron chi connectivity index (χ3n) is 16.5. The summed E-state index contributed by atoms with van der Waals surface area (Å²) in [5, 5.41) is 19.8. The van der Waals surface area contributed by atoms with Crippen molar-refractivity contribution >= 4 is 5.97 Å². The maximum atomic E-state index is 13.6. The first-order valence-corrected chi connectivity index (χ1v) is 20.0. The van der Waals surface area contributed by atoms with Crippen molar-refractivity contribution < 1.29 is 19.4 Å². The molecule has 2 N–H and O–H groups in total. The smallest absolute Gasteiger partial charge is 0.307 e. The highest BCUT2D eigenvalue weighted by Crippen LogP contribution is 2.75. The molecule has 9 heteroatoms. The molecule has 3 saturated carbocycles. The average molecular weight is 700 g/mol. The molecule has 0 unspecified atom stereocenters. The Hall–Kier alpha value is -2.62. The fourth-order valence-electron chi connectivity index (χ4n) is 13.4. The van der Waals surface area contributed by atoms with E-state index in [0.29, 0.717) is 37.0 Å². The van der Waals surface area contributed by atoms with Crippen LogP contribution >= 0.6 is 0 Å². The fourth-order valence-corrected chi connectivity index (χ4v) is 13.4. The number of rotatable bonds is 8. The number of carboxylic acids is 1. The van der Waals surface area contributed by atoms with Gasteiger partial charge in [-0.3, -0.25) is 9.78 Å². The SMILES string of the molecule is CC(C)[C@@H](C)[C@@]1(C)CC[C@]2(C)[C@H]3CC[C@@H]4[C@@]5(C)COC[C@@]4(C3=CC[C@@]2(C)[C@@H]1C(=O)O)[C@@H](OC[C@@H]1CCCN1)[C@H](n1ncnc1-c1ccncc1)C5. The van der Waals surface area contributed by atoms with Crippen LogP contribution in [-0.2, 0) is 14.3 Å². The molecular weight excluding hydrogens is 638 g/mol. The van der Waals surface area contributed by atoms with Gasteiger partial charge in [-0.1, -0.05) is 60.1 Å². The lowest BCUT2D eigenvalue weighted by Crippen LogP contribution is -2.70. The lowest BCUT2D eigenvalue weighted by atomic mass is 9.34. The molecule has 0 spiro atoms. The van der Waals surface area contributed by atoms with Gasteiger partial charge in [-0.25, -0.2) is 9.67 Å². The van der Waals surface area contributed by atoms with Crippen molar-refractivity contribution in [1.82, 2.24) is 25.1 Å². The maximum Gasteiger partial charge on any atom is 0.307 e. The van der Waals surface area contributed by atoms with Crippen molar-refractivity contribution in [2.75, 3.05) is 26.4 Å². The summed E-state index contributed by atoms with van der Waals surface area (Å²) in [4.78, 5) is 22.7. The van der Waals surface area contributed by atoms with Crippen LogP contribution in [0.4, 0.5) is 0 Å². The summed E-state index contributed by atoms with van der Waals surface area (Å²) in [6.07, 6.45) is 15.9. The first kappa shape index (κ1) is 35.4. The number of aromatic nitrogens is 4. The van der Waals surface area contributed by atoms with Gasteiger partial charge in [-0.2, -0.15) is 5.10 Å². The van der Waals surface area contributed by atoms with Crippen molar-refractivity contribution in [2.45, 2.75) is 118 Å². The Morgan fingerprint density at radius 2 is 1.86 bits per heavy atom. The molecule has 2 saturated heterocycles. The molecule has 0 amide bonds. The topological polar surface area (TPSA) is 111 Å². The van der Waals surface area contributed by atoms with Gasteiger partial charge in [0.1, 0.15) is 6.33 Å². The second-order valence-electron chi connectivity index (χ2n) is 19.0. The lowest BCUT2D eigenvalue weighted by Gasteiger charge is -2.71. The van der Waals surface area contributed by atoms with E-state index < -0.39 is 11.9 Å². The van der Waals surface area contributed by atoms with E-state index in [2.05, 4.69) is 69.5 Å². The third-order valence-corrected chi connectivity index (χ3v) is 16.5. The van der Waals surface area contributed by atoms with Gasteiger partial charge in [0.2, 0.25) is 0 Å². The Labute approximate surface area is 304 Å². The Morgan fingerprint density at radius 1 is 1.08 bits per heavy atom. The van der Waals surface area contributed by atoms with Crippen LogP contribution in [0.5, 0.6) is 0 Å². The molecule has 278 valence electrons. The van der Waals surface area contributed by atoms with Gasteiger partial charge in [-0.15, -0.1) is 0 Å². The van der Waals surface area contributed by atoms with Crippen molar-refractivity contribution in [1.29, 1.82) is 0 Å². The zero-order valence-corrected chi connectivity index (χ0v) is 32.0. The van der Waals surface area contributed by atoms with E-state index in [9.17, 15) is 9.90 Å². The molecule has 12 atom stereocenters. The van der Waals surface area contributed by atoms with Crippen molar-refractivity contribution in [3.05, 3.63) is 42.5 Å².